The molecule has 1 saturated heterocycles. The number of aromatic amines is 1. The molecule has 9 nitrogen and oxygen atoms in total. The standard InChI is InChI=1S/C25H28N4O3S3.C2HF3O2/c30-19-8-10-28(11-9-19)16-20-14-26-25(34-20)21-13-18-3-1-4-22(24(18)27-21)29(15-17-6-7-17)35(31,32)23-5-2-12-33-23;3-2(4,5)1(6)7/h1-5,12-14,17,19,27,30H,6-11,15-16H2;(H,6,7). The van der Waals surface area contributed by atoms with Crippen LogP contribution in [0.25, 0.3) is 21.6 Å². The predicted molar refractivity (Wildman–Crippen MR) is 155 cm³/mol. The van der Waals surface area contributed by atoms with Crippen LogP contribution in [0.4, 0.5) is 18.9 Å². The summed E-state index contributed by atoms with van der Waals surface area (Å²) in [7, 11) is -3.63. The summed E-state index contributed by atoms with van der Waals surface area (Å²) in [6.07, 6.45) is 0.454. The molecule has 1 saturated carbocycles. The number of carboxylic acids is 1. The fourth-order valence-corrected chi connectivity index (χ4v) is 8.23. The number of nitrogens with one attached hydrogen (secondary N) is 1. The van der Waals surface area contributed by atoms with E-state index in [0.29, 0.717) is 22.4 Å². The number of thiazole rings is 1. The van der Waals surface area contributed by atoms with Crippen LogP contribution in [-0.4, -0.2) is 71.4 Å². The number of alkyl halides is 3. The summed E-state index contributed by atoms with van der Waals surface area (Å²) in [6, 6.07) is 11.4. The van der Waals surface area contributed by atoms with E-state index in [1.54, 1.807) is 27.8 Å². The second-order valence-corrected chi connectivity index (χ2v) is 14.4. The lowest BCUT2D eigenvalue weighted by Gasteiger charge is -2.28. The first kappa shape index (κ1) is 30.5. The second-order valence-electron chi connectivity index (χ2n) is 10.3. The van der Waals surface area contributed by atoms with E-state index < -0.39 is 22.2 Å². The Morgan fingerprint density at radius 2 is 1.86 bits per heavy atom. The molecule has 4 aromatic rings. The van der Waals surface area contributed by atoms with Gasteiger partial charge in [0.15, 0.2) is 0 Å². The molecule has 3 aromatic heterocycles. The molecule has 0 atom stereocenters. The van der Waals surface area contributed by atoms with Crippen molar-refractivity contribution in [3.63, 3.8) is 0 Å². The molecule has 1 aliphatic carbocycles. The Morgan fingerprint density at radius 3 is 2.48 bits per heavy atom. The summed E-state index contributed by atoms with van der Waals surface area (Å²) < 4.78 is 60.9. The van der Waals surface area contributed by atoms with Crippen LogP contribution < -0.4 is 4.31 Å². The number of halogens is 3. The van der Waals surface area contributed by atoms with Gasteiger partial charge in [-0.3, -0.25) is 9.21 Å². The number of piperidine rings is 1. The molecular weight excluding hydrogens is 614 g/mol. The van der Waals surface area contributed by atoms with Gasteiger partial charge >= 0.3 is 12.1 Å². The van der Waals surface area contributed by atoms with Crippen molar-refractivity contribution in [2.45, 2.75) is 48.7 Å². The highest BCUT2D eigenvalue weighted by molar-refractivity contribution is 7.94. The molecule has 0 bridgehead atoms. The molecule has 226 valence electrons. The number of thiophene rings is 1. The topological polar surface area (TPSA) is 127 Å². The maximum Gasteiger partial charge on any atom is 0.490 e. The van der Waals surface area contributed by atoms with Crippen LogP contribution in [0.15, 0.2) is 52.2 Å². The average Bonchev–Trinajstić information content (AvgIpc) is 3.31. The molecule has 0 spiro atoms. The molecule has 3 N–H and O–H groups in total. The number of nitrogens with zero attached hydrogens (tertiary/aromatic N) is 3. The number of carbonyl (C=O) groups is 1. The SMILES string of the molecule is O=C(O)C(F)(F)F.O=S(=O)(c1cccs1)N(CC1CC1)c1cccc2cc(-c3ncc(CN4CCC(O)CC4)s3)[nH]c12. The monoisotopic (exact) mass is 642 g/mol. The molecule has 42 heavy (non-hydrogen) atoms. The largest absolute Gasteiger partial charge is 0.490 e. The maximum absolute atomic E-state index is 13.6. The molecule has 15 heteroatoms. The Bertz CT molecular complexity index is 1620. The van der Waals surface area contributed by atoms with Crippen LogP contribution in [0, 0.1) is 5.92 Å². The summed E-state index contributed by atoms with van der Waals surface area (Å²) in [5, 5.41) is 20.6. The number of H-pyrrole nitrogens is 1. The van der Waals surface area contributed by atoms with Gasteiger partial charge in [-0.1, -0.05) is 18.2 Å². The number of benzene rings is 1. The van der Waals surface area contributed by atoms with Crippen molar-refractivity contribution in [1.82, 2.24) is 14.9 Å². The van der Waals surface area contributed by atoms with Crippen molar-refractivity contribution in [2.75, 3.05) is 23.9 Å². The number of anilines is 1. The molecule has 2 fully saturated rings. The lowest BCUT2D eigenvalue weighted by atomic mass is 10.1. The third kappa shape index (κ3) is 7.14. The number of likely N-dealkylation sites (tertiary alicyclic amines) is 1. The highest BCUT2D eigenvalue weighted by Crippen LogP contribution is 2.39. The third-order valence-electron chi connectivity index (χ3n) is 7.03. The molecule has 0 unspecified atom stereocenters. The third-order valence-corrected chi connectivity index (χ3v) is 11.2. The number of hydrogen-bond acceptors (Lipinski definition) is 8. The van der Waals surface area contributed by atoms with Gasteiger partial charge in [-0.05, 0) is 55.2 Å². The Labute approximate surface area is 248 Å². The zero-order chi connectivity index (χ0) is 30.1. The van der Waals surface area contributed by atoms with Gasteiger partial charge in [0.1, 0.15) is 9.22 Å². The Hall–Kier alpha value is -2.98. The highest BCUT2D eigenvalue weighted by Gasteiger charge is 2.38. The van der Waals surface area contributed by atoms with E-state index >= 15 is 0 Å². The molecule has 6 rings (SSSR count). The average molecular weight is 643 g/mol. The summed E-state index contributed by atoms with van der Waals surface area (Å²) in [5.41, 5.74) is 2.42. The fourth-order valence-electron chi connectivity index (χ4n) is 4.65. The first-order valence-corrected chi connectivity index (χ1v) is 16.4. The molecule has 0 radical (unpaired) electrons. The zero-order valence-corrected chi connectivity index (χ0v) is 24.7. The minimum absolute atomic E-state index is 0.174. The fraction of sp³-hybridized carbons (Fsp3) is 0.407. The lowest BCUT2D eigenvalue weighted by Crippen LogP contribution is -2.35. The summed E-state index contributed by atoms with van der Waals surface area (Å²) in [5.74, 6) is -2.35. The molecule has 2 aliphatic rings. The van der Waals surface area contributed by atoms with Crippen LogP contribution in [0.1, 0.15) is 30.6 Å². The number of sulfonamides is 1. The minimum Gasteiger partial charge on any atom is -0.475 e. The minimum atomic E-state index is -5.08. The summed E-state index contributed by atoms with van der Waals surface area (Å²) in [6.45, 7) is 3.14. The summed E-state index contributed by atoms with van der Waals surface area (Å²) >= 11 is 2.92. The number of aliphatic carboxylic acids is 1. The van der Waals surface area contributed by atoms with Gasteiger partial charge in [0, 0.05) is 42.6 Å². The van der Waals surface area contributed by atoms with E-state index in [2.05, 4.69) is 20.9 Å². The maximum atomic E-state index is 13.6. The van der Waals surface area contributed by atoms with Crippen molar-refractivity contribution < 1.29 is 36.6 Å². The molecule has 4 heterocycles. The number of aromatic nitrogens is 2. The van der Waals surface area contributed by atoms with Crippen LogP contribution in [0.3, 0.4) is 0 Å². The number of para-hydroxylation sites is 1. The zero-order valence-electron chi connectivity index (χ0n) is 22.2. The van der Waals surface area contributed by atoms with E-state index in [-0.39, 0.29) is 6.10 Å². The molecule has 0 amide bonds. The quantitative estimate of drug-likeness (QED) is 0.230. The van der Waals surface area contributed by atoms with Crippen molar-refractivity contribution in [3.05, 3.63) is 52.9 Å². The van der Waals surface area contributed by atoms with Crippen molar-refractivity contribution in [3.8, 4) is 10.7 Å². The highest BCUT2D eigenvalue weighted by atomic mass is 32.2. The number of rotatable bonds is 8. The van der Waals surface area contributed by atoms with E-state index in [1.165, 1.54) is 16.2 Å². The van der Waals surface area contributed by atoms with Gasteiger partial charge in [0.2, 0.25) is 0 Å². The van der Waals surface area contributed by atoms with Gasteiger partial charge in [-0.15, -0.1) is 22.7 Å². The van der Waals surface area contributed by atoms with Gasteiger partial charge in [0.25, 0.3) is 10.0 Å². The number of aliphatic hydroxyl groups is 1. The lowest BCUT2D eigenvalue weighted by molar-refractivity contribution is -0.192. The Kier molecular flexibility index (Phi) is 8.94. The van der Waals surface area contributed by atoms with Crippen LogP contribution in [-0.2, 0) is 21.4 Å². The van der Waals surface area contributed by atoms with Crippen molar-refractivity contribution in [1.29, 1.82) is 0 Å². The smallest absolute Gasteiger partial charge is 0.475 e. The van der Waals surface area contributed by atoms with Crippen LogP contribution in [0.5, 0.6) is 0 Å². The second kappa shape index (κ2) is 12.3. The van der Waals surface area contributed by atoms with Gasteiger partial charge < -0.3 is 15.2 Å². The normalized spacial score (nSPS) is 16.8. The first-order valence-electron chi connectivity index (χ1n) is 13.3. The molecule has 1 aromatic carbocycles. The Balaban J connectivity index is 0.000000451. The van der Waals surface area contributed by atoms with E-state index in [1.807, 2.05) is 29.8 Å². The number of carboxylic acid groups (broad SMARTS) is 1. The molecular formula is C27H29F3N4O5S3. The number of hydrogen-bond donors (Lipinski definition) is 3. The van der Waals surface area contributed by atoms with Gasteiger partial charge in [-0.25, -0.2) is 18.2 Å². The van der Waals surface area contributed by atoms with Crippen molar-refractivity contribution in [2.24, 2.45) is 5.92 Å². The van der Waals surface area contributed by atoms with Crippen LogP contribution >= 0.6 is 22.7 Å². The van der Waals surface area contributed by atoms with E-state index in [0.717, 1.165) is 66.9 Å². The predicted octanol–water partition coefficient (Wildman–Crippen LogP) is 5.55. The van der Waals surface area contributed by atoms with Crippen LogP contribution in [0.2, 0.25) is 0 Å². The van der Waals surface area contributed by atoms with Gasteiger partial charge in [0.05, 0.1) is 23.0 Å². The summed E-state index contributed by atoms with van der Waals surface area (Å²) in [4.78, 5) is 20.6. The first-order chi connectivity index (χ1) is 19.9. The Morgan fingerprint density at radius 1 is 1.14 bits per heavy atom. The number of fused-ring (bicyclic) bond motifs is 1. The van der Waals surface area contributed by atoms with E-state index in [4.69, 9.17) is 9.90 Å². The van der Waals surface area contributed by atoms with Gasteiger partial charge in [-0.2, -0.15) is 13.2 Å². The van der Waals surface area contributed by atoms with Crippen molar-refractivity contribution >= 4 is 55.3 Å². The number of aliphatic hydroxyl groups excluding tert-OH is 1. The molecule has 1 aliphatic heterocycles. The van der Waals surface area contributed by atoms with E-state index in [9.17, 15) is 26.7 Å².